The van der Waals surface area contributed by atoms with Crippen LogP contribution < -0.4 is 16.8 Å². The Labute approximate surface area is 157 Å². The molecule has 6 nitrogen and oxygen atoms in total. The van der Waals surface area contributed by atoms with E-state index in [2.05, 4.69) is 17.1 Å². The standard InChI is InChI=1S/C17H24ClN5OS/c1-2-11-25-16-21-15(23-7-9-24-10-8-23)14(19)17(20,22-16)12-5-3-4-6-13(12)18/h3-6H,2,7-11,19-20H2,1H3,(H,21,22). The summed E-state index contributed by atoms with van der Waals surface area (Å²) >= 11 is 8.05. The number of aliphatic imine (C=N–C) groups is 1. The number of nitrogens with one attached hydrogen (secondary N) is 1. The van der Waals surface area contributed by atoms with Gasteiger partial charge in [-0.1, -0.05) is 48.5 Å². The quantitative estimate of drug-likeness (QED) is 0.739. The first-order valence-electron chi connectivity index (χ1n) is 8.42. The molecule has 2 aliphatic rings. The topological polar surface area (TPSA) is 88.9 Å². The van der Waals surface area contributed by atoms with Gasteiger partial charge in [0.1, 0.15) is 5.82 Å². The third-order valence-electron chi connectivity index (χ3n) is 4.22. The van der Waals surface area contributed by atoms with Crippen LogP contribution in [0.2, 0.25) is 5.02 Å². The maximum atomic E-state index is 6.72. The normalized spacial score (nSPS) is 24.1. The number of rotatable bonds is 4. The molecule has 0 bridgehead atoms. The lowest BCUT2D eigenvalue weighted by atomic mass is 9.96. The molecule has 0 spiro atoms. The Morgan fingerprint density at radius 1 is 1.36 bits per heavy atom. The van der Waals surface area contributed by atoms with Crippen LogP contribution in [-0.4, -0.2) is 42.1 Å². The van der Waals surface area contributed by atoms with Crippen LogP contribution in [0.15, 0.2) is 40.8 Å². The van der Waals surface area contributed by atoms with Crippen molar-refractivity contribution in [2.24, 2.45) is 16.5 Å². The molecular formula is C17H24ClN5OS. The Hall–Kier alpha value is -1.41. The van der Waals surface area contributed by atoms with Gasteiger partial charge in [0.15, 0.2) is 10.8 Å². The van der Waals surface area contributed by atoms with Crippen LogP contribution in [0.3, 0.4) is 0 Å². The lowest BCUT2D eigenvalue weighted by molar-refractivity contribution is 0.0502. The summed E-state index contributed by atoms with van der Waals surface area (Å²) in [6, 6.07) is 7.45. The van der Waals surface area contributed by atoms with Crippen LogP contribution in [0, 0.1) is 0 Å². The highest BCUT2D eigenvalue weighted by Gasteiger charge is 2.39. The van der Waals surface area contributed by atoms with Crippen molar-refractivity contribution >= 4 is 28.5 Å². The molecule has 1 aromatic carbocycles. The molecule has 25 heavy (non-hydrogen) atoms. The minimum atomic E-state index is -1.19. The lowest BCUT2D eigenvalue weighted by Crippen LogP contribution is -2.53. The van der Waals surface area contributed by atoms with Crippen molar-refractivity contribution in [2.75, 3.05) is 32.1 Å². The smallest absolute Gasteiger partial charge is 0.182 e. The summed E-state index contributed by atoms with van der Waals surface area (Å²) in [5.41, 5.74) is 13.2. The fourth-order valence-corrected chi connectivity index (χ4v) is 3.93. The van der Waals surface area contributed by atoms with Crippen molar-refractivity contribution < 1.29 is 4.74 Å². The van der Waals surface area contributed by atoms with Crippen LogP contribution in [0.1, 0.15) is 18.9 Å². The summed E-state index contributed by atoms with van der Waals surface area (Å²) < 4.78 is 5.45. The lowest BCUT2D eigenvalue weighted by Gasteiger charge is -2.39. The van der Waals surface area contributed by atoms with Crippen molar-refractivity contribution in [1.29, 1.82) is 0 Å². The molecule has 0 aliphatic carbocycles. The largest absolute Gasteiger partial charge is 0.396 e. The van der Waals surface area contributed by atoms with Gasteiger partial charge in [0.05, 0.1) is 18.9 Å². The molecule has 1 fully saturated rings. The summed E-state index contributed by atoms with van der Waals surface area (Å²) in [5.74, 6) is 1.75. The first kappa shape index (κ1) is 18.4. The van der Waals surface area contributed by atoms with E-state index in [9.17, 15) is 0 Å². The van der Waals surface area contributed by atoms with E-state index in [1.807, 2.05) is 24.3 Å². The molecule has 0 radical (unpaired) electrons. The minimum Gasteiger partial charge on any atom is -0.396 e. The van der Waals surface area contributed by atoms with Crippen molar-refractivity contribution in [1.82, 2.24) is 10.2 Å². The zero-order chi connectivity index (χ0) is 17.9. The summed E-state index contributed by atoms with van der Waals surface area (Å²) in [4.78, 5) is 6.89. The van der Waals surface area contributed by atoms with Gasteiger partial charge in [0, 0.05) is 29.4 Å². The number of halogens is 1. The number of hydrogen-bond donors (Lipinski definition) is 3. The van der Waals surface area contributed by atoms with E-state index in [1.54, 1.807) is 11.8 Å². The van der Waals surface area contributed by atoms with Gasteiger partial charge >= 0.3 is 0 Å². The third kappa shape index (κ3) is 3.74. The Bertz CT molecular complexity index is 689. The van der Waals surface area contributed by atoms with Gasteiger partial charge in [-0.05, 0) is 12.5 Å². The Kier molecular flexibility index (Phi) is 5.78. The third-order valence-corrected chi connectivity index (χ3v) is 5.63. The summed E-state index contributed by atoms with van der Waals surface area (Å²) in [5, 5.41) is 4.69. The molecule has 0 aromatic heterocycles. The van der Waals surface area contributed by atoms with Gasteiger partial charge in [-0.3, -0.25) is 5.73 Å². The fraction of sp³-hybridized carbons (Fsp3) is 0.471. The van der Waals surface area contributed by atoms with Gasteiger partial charge in [-0.15, -0.1) is 0 Å². The summed E-state index contributed by atoms with van der Waals surface area (Å²) in [6.07, 6.45) is 1.04. The SMILES string of the molecule is CCCSC1=NC(N)(c2ccccc2Cl)C(N)=C(N2CCOCC2)N1. The molecule has 2 aliphatic heterocycles. The minimum absolute atomic E-state index is 0.475. The predicted molar refractivity (Wildman–Crippen MR) is 104 cm³/mol. The second kappa shape index (κ2) is 7.86. The first-order chi connectivity index (χ1) is 12.1. The molecule has 1 aromatic rings. The fourth-order valence-electron chi connectivity index (χ4n) is 2.88. The number of thioether (sulfide) groups is 1. The Balaban J connectivity index is 2.04. The molecule has 0 saturated carbocycles. The molecule has 136 valence electrons. The molecule has 0 amide bonds. The maximum absolute atomic E-state index is 6.72. The van der Waals surface area contributed by atoms with Crippen LogP contribution in [0.4, 0.5) is 0 Å². The highest BCUT2D eigenvalue weighted by Crippen LogP contribution is 2.36. The molecular weight excluding hydrogens is 358 g/mol. The molecule has 1 atom stereocenters. The van der Waals surface area contributed by atoms with Crippen molar-refractivity contribution in [3.8, 4) is 0 Å². The van der Waals surface area contributed by atoms with Gasteiger partial charge in [-0.25, -0.2) is 4.99 Å². The molecule has 1 unspecified atom stereocenters. The molecule has 8 heteroatoms. The monoisotopic (exact) mass is 381 g/mol. The van der Waals surface area contributed by atoms with Crippen molar-refractivity contribution in [3.63, 3.8) is 0 Å². The van der Waals surface area contributed by atoms with E-state index in [4.69, 9.17) is 32.8 Å². The first-order valence-corrected chi connectivity index (χ1v) is 9.79. The number of amidine groups is 1. The zero-order valence-corrected chi connectivity index (χ0v) is 15.9. The van der Waals surface area contributed by atoms with Crippen molar-refractivity contribution in [2.45, 2.75) is 19.0 Å². The second-order valence-corrected chi connectivity index (χ2v) is 7.49. The average molecular weight is 382 g/mol. The second-order valence-electron chi connectivity index (χ2n) is 6.00. The molecule has 3 rings (SSSR count). The predicted octanol–water partition coefficient (Wildman–Crippen LogP) is 2.01. The summed E-state index contributed by atoms with van der Waals surface area (Å²) in [7, 11) is 0. The number of benzene rings is 1. The van der Waals surface area contributed by atoms with E-state index in [1.165, 1.54) is 0 Å². The van der Waals surface area contributed by atoms with Crippen molar-refractivity contribution in [3.05, 3.63) is 46.4 Å². The maximum Gasteiger partial charge on any atom is 0.182 e. The highest BCUT2D eigenvalue weighted by atomic mass is 35.5. The summed E-state index contributed by atoms with van der Waals surface area (Å²) in [6.45, 7) is 4.97. The van der Waals surface area contributed by atoms with E-state index in [-0.39, 0.29) is 0 Å². The van der Waals surface area contributed by atoms with Gasteiger partial charge in [0.2, 0.25) is 0 Å². The highest BCUT2D eigenvalue weighted by molar-refractivity contribution is 8.13. The zero-order valence-electron chi connectivity index (χ0n) is 14.3. The van der Waals surface area contributed by atoms with Crippen LogP contribution in [0.5, 0.6) is 0 Å². The van der Waals surface area contributed by atoms with Crippen LogP contribution >= 0.6 is 23.4 Å². The molecule has 2 heterocycles. The number of nitrogens with zero attached hydrogens (tertiary/aromatic N) is 2. The number of hydrogen-bond acceptors (Lipinski definition) is 7. The van der Waals surface area contributed by atoms with E-state index in [0.29, 0.717) is 29.5 Å². The Morgan fingerprint density at radius 2 is 2.08 bits per heavy atom. The van der Waals surface area contributed by atoms with Gasteiger partial charge in [-0.2, -0.15) is 0 Å². The van der Waals surface area contributed by atoms with Crippen LogP contribution in [-0.2, 0) is 10.4 Å². The van der Waals surface area contributed by atoms with E-state index >= 15 is 0 Å². The van der Waals surface area contributed by atoms with Gasteiger partial charge in [0.25, 0.3) is 0 Å². The van der Waals surface area contributed by atoms with Gasteiger partial charge < -0.3 is 20.7 Å². The molecule has 5 N–H and O–H groups in total. The van der Waals surface area contributed by atoms with E-state index < -0.39 is 5.66 Å². The molecule has 1 saturated heterocycles. The number of nitrogens with two attached hydrogens (primary N) is 2. The Morgan fingerprint density at radius 3 is 2.76 bits per heavy atom. The number of morpholine rings is 1. The number of ether oxygens (including phenoxy) is 1. The van der Waals surface area contributed by atoms with Crippen LogP contribution in [0.25, 0.3) is 0 Å². The van der Waals surface area contributed by atoms with E-state index in [0.717, 1.165) is 36.3 Å². The average Bonchev–Trinajstić information content (AvgIpc) is 2.63.